The van der Waals surface area contributed by atoms with Crippen molar-refractivity contribution in [3.05, 3.63) is 29.3 Å². The van der Waals surface area contributed by atoms with Gasteiger partial charge in [-0.15, -0.1) is 0 Å². The number of aliphatic carboxylic acids is 1. The molecular weight excluding hydrogens is 328 g/mol. The highest BCUT2D eigenvalue weighted by molar-refractivity contribution is 5.73. The first-order valence-electron chi connectivity index (χ1n) is 8.37. The summed E-state index contributed by atoms with van der Waals surface area (Å²) in [6.45, 7) is 7.96. The fraction of sp³-hybridized carbons (Fsp3) is 0.611. The molecule has 25 heavy (non-hydrogen) atoms. The predicted octanol–water partition coefficient (Wildman–Crippen LogP) is 1.20. The van der Waals surface area contributed by atoms with Crippen LogP contribution in [0.25, 0.3) is 0 Å². The summed E-state index contributed by atoms with van der Waals surface area (Å²) in [5, 5.41) is 39.0. The van der Waals surface area contributed by atoms with Gasteiger partial charge in [-0.1, -0.05) is 45.9 Å². The SMILES string of the molecule is CC(C)c1cccc(C(C)C)c1O[C@H]1O[C@@H](C(=O)O)[C@H](O)[C@@H](O)[C@@H]1O. The Labute approximate surface area is 146 Å². The van der Waals surface area contributed by atoms with E-state index in [-0.39, 0.29) is 11.8 Å². The number of carbonyl (C=O) groups is 1. The number of aliphatic hydroxyl groups excluding tert-OH is 3. The highest BCUT2D eigenvalue weighted by atomic mass is 16.7. The van der Waals surface area contributed by atoms with Crippen LogP contribution >= 0.6 is 0 Å². The van der Waals surface area contributed by atoms with Crippen LogP contribution in [0.2, 0.25) is 0 Å². The average molecular weight is 354 g/mol. The summed E-state index contributed by atoms with van der Waals surface area (Å²) in [7, 11) is 0. The topological polar surface area (TPSA) is 116 Å². The molecule has 1 aliphatic rings. The van der Waals surface area contributed by atoms with Gasteiger partial charge in [0.1, 0.15) is 24.1 Å². The molecule has 4 N–H and O–H groups in total. The summed E-state index contributed by atoms with van der Waals surface area (Å²) < 4.78 is 11.1. The maximum atomic E-state index is 11.2. The van der Waals surface area contributed by atoms with E-state index in [1.54, 1.807) is 0 Å². The molecule has 5 atom stereocenters. The molecule has 1 aromatic carbocycles. The number of ether oxygens (including phenoxy) is 2. The molecule has 0 saturated carbocycles. The van der Waals surface area contributed by atoms with Gasteiger partial charge in [0.15, 0.2) is 6.10 Å². The van der Waals surface area contributed by atoms with Crippen LogP contribution in [0.15, 0.2) is 18.2 Å². The van der Waals surface area contributed by atoms with Crippen molar-refractivity contribution >= 4 is 5.97 Å². The second-order valence-corrected chi connectivity index (χ2v) is 6.93. The fourth-order valence-electron chi connectivity index (χ4n) is 2.88. The molecule has 0 unspecified atom stereocenters. The summed E-state index contributed by atoms with van der Waals surface area (Å²) in [4.78, 5) is 11.2. The first-order chi connectivity index (χ1) is 11.6. The smallest absolute Gasteiger partial charge is 0.335 e. The number of carboxylic acids is 1. The van der Waals surface area contributed by atoms with Gasteiger partial charge in [-0.05, 0) is 23.0 Å². The molecule has 1 aliphatic heterocycles. The number of hydrogen-bond acceptors (Lipinski definition) is 6. The third-order valence-electron chi connectivity index (χ3n) is 4.37. The quantitative estimate of drug-likeness (QED) is 0.628. The summed E-state index contributed by atoms with van der Waals surface area (Å²) >= 11 is 0. The lowest BCUT2D eigenvalue weighted by Crippen LogP contribution is -2.61. The number of hydrogen-bond donors (Lipinski definition) is 4. The van der Waals surface area contributed by atoms with Crippen LogP contribution in [0.4, 0.5) is 0 Å². The van der Waals surface area contributed by atoms with Gasteiger partial charge in [0.2, 0.25) is 6.29 Å². The van der Waals surface area contributed by atoms with Gasteiger partial charge in [0.25, 0.3) is 0 Å². The van der Waals surface area contributed by atoms with E-state index in [2.05, 4.69) is 0 Å². The maximum absolute atomic E-state index is 11.2. The maximum Gasteiger partial charge on any atom is 0.335 e. The first kappa shape index (κ1) is 19.7. The Morgan fingerprint density at radius 2 is 1.52 bits per heavy atom. The van der Waals surface area contributed by atoms with E-state index < -0.39 is 36.7 Å². The predicted molar refractivity (Wildman–Crippen MR) is 89.6 cm³/mol. The van der Waals surface area contributed by atoms with Gasteiger partial charge >= 0.3 is 5.97 Å². The zero-order chi connectivity index (χ0) is 18.9. The normalized spacial score (nSPS) is 29.9. The van der Waals surface area contributed by atoms with Crippen LogP contribution in [0.1, 0.15) is 50.7 Å². The molecule has 140 valence electrons. The monoisotopic (exact) mass is 354 g/mol. The van der Waals surface area contributed by atoms with Crippen molar-refractivity contribution < 1.29 is 34.7 Å². The standard InChI is InChI=1S/C18H26O7/c1-8(2)10-6-5-7-11(9(3)4)15(10)24-18-14(21)12(19)13(20)16(25-18)17(22)23/h5-9,12-14,16,18-21H,1-4H3,(H,22,23)/t12-,13-,14+,16-,18+/m1/s1. The average Bonchev–Trinajstić information content (AvgIpc) is 2.54. The van der Waals surface area contributed by atoms with Crippen LogP contribution in [-0.2, 0) is 9.53 Å². The summed E-state index contributed by atoms with van der Waals surface area (Å²) in [5.74, 6) is -0.682. The summed E-state index contributed by atoms with van der Waals surface area (Å²) in [5.41, 5.74) is 1.77. The molecule has 7 nitrogen and oxygen atoms in total. The zero-order valence-electron chi connectivity index (χ0n) is 14.8. The van der Waals surface area contributed by atoms with Crippen molar-refractivity contribution in [2.24, 2.45) is 0 Å². The highest BCUT2D eigenvalue weighted by Crippen LogP contribution is 2.36. The minimum Gasteiger partial charge on any atom is -0.479 e. The minimum atomic E-state index is -1.74. The molecule has 1 saturated heterocycles. The molecule has 7 heteroatoms. The van der Waals surface area contributed by atoms with Crippen molar-refractivity contribution in [3.63, 3.8) is 0 Å². The molecule has 0 radical (unpaired) electrons. The van der Waals surface area contributed by atoms with Crippen LogP contribution < -0.4 is 4.74 Å². The highest BCUT2D eigenvalue weighted by Gasteiger charge is 2.48. The Hall–Kier alpha value is -1.67. The number of aliphatic hydroxyl groups is 3. The Balaban J connectivity index is 2.39. The van der Waals surface area contributed by atoms with Crippen molar-refractivity contribution in [1.29, 1.82) is 0 Å². The summed E-state index contributed by atoms with van der Waals surface area (Å²) in [6.07, 6.45) is -8.09. The molecule has 0 bridgehead atoms. The number of para-hydroxylation sites is 1. The largest absolute Gasteiger partial charge is 0.479 e. The third-order valence-corrected chi connectivity index (χ3v) is 4.37. The second kappa shape index (κ2) is 7.70. The third kappa shape index (κ3) is 3.95. The minimum absolute atomic E-state index is 0.125. The van der Waals surface area contributed by atoms with E-state index >= 15 is 0 Å². The van der Waals surface area contributed by atoms with Gasteiger partial charge in [0.05, 0.1) is 0 Å². The molecule has 0 aromatic heterocycles. The van der Waals surface area contributed by atoms with Crippen molar-refractivity contribution in [2.45, 2.75) is 70.2 Å². The Morgan fingerprint density at radius 3 is 1.96 bits per heavy atom. The van der Waals surface area contributed by atoms with Gasteiger partial charge < -0.3 is 29.9 Å². The molecule has 1 fully saturated rings. The molecule has 0 aliphatic carbocycles. The lowest BCUT2D eigenvalue weighted by molar-refractivity contribution is -0.271. The molecule has 1 heterocycles. The van der Waals surface area contributed by atoms with Crippen molar-refractivity contribution in [2.75, 3.05) is 0 Å². The van der Waals surface area contributed by atoms with Gasteiger partial charge in [0, 0.05) is 0 Å². The van der Waals surface area contributed by atoms with Crippen LogP contribution in [-0.4, -0.2) is 57.1 Å². The van der Waals surface area contributed by atoms with E-state index in [4.69, 9.17) is 14.6 Å². The molecule has 2 rings (SSSR count). The Morgan fingerprint density at radius 1 is 1.00 bits per heavy atom. The van der Waals surface area contributed by atoms with Crippen molar-refractivity contribution in [3.8, 4) is 5.75 Å². The van der Waals surface area contributed by atoms with Crippen LogP contribution in [0, 0.1) is 0 Å². The molecule has 0 amide bonds. The van der Waals surface area contributed by atoms with E-state index in [9.17, 15) is 20.1 Å². The molecule has 1 aromatic rings. The number of benzene rings is 1. The second-order valence-electron chi connectivity index (χ2n) is 6.93. The van der Waals surface area contributed by atoms with E-state index in [1.165, 1.54) is 0 Å². The van der Waals surface area contributed by atoms with E-state index in [1.807, 2.05) is 45.9 Å². The molecular formula is C18H26O7. The van der Waals surface area contributed by atoms with Crippen LogP contribution in [0.5, 0.6) is 5.75 Å². The lowest BCUT2D eigenvalue weighted by atomic mass is 9.93. The molecule has 0 spiro atoms. The first-order valence-corrected chi connectivity index (χ1v) is 8.37. The fourth-order valence-corrected chi connectivity index (χ4v) is 2.88. The summed E-state index contributed by atoms with van der Waals surface area (Å²) in [6, 6.07) is 5.69. The van der Waals surface area contributed by atoms with E-state index in [0.717, 1.165) is 11.1 Å². The lowest BCUT2D eigenvalue weighted by Gasteiger charge is -2.39. The number of carboxylic acid groups (broad SMARTS) is 1. The Kier molecular flexibility index (Phi) is 6.05. The van der Waals surface area contributed by atoms with Gasteiger partial charge in [-0.3, -0.25) is 0 Å². The van der Waals surface area contributed by atoms with Crippen molar-refractivity contribution in [1.82, 2.24) is 0 Å². The van der Waals surface area contributed by atoms with Gasteiger partial charge in [-0.25, -0.2) is 4.79 Å². The Bertz CT molecular complexity index is 587. The van der Waals surface area contributed by atoms with Gasteiger partial charge in [-0.2, -0.15) is 0 Å². The van der Waals surface area contributed by atoms with Crippen LogP contribution in [0.3, 0.4) is 0 Å². The van der Waals surface area contributed by atoms with E-state index in [0.29, 0.717) is 5.75 Å². The zero-order valence-corrected chi connectivity index (χ0v) is 14.8. The number of rotatable bonds is 5.